The molecule has 0 saturated carbocycles. The minimum Gasteiger partial charge on any atom is -0.457 e. The normalized spacial score (nSPS) is 11.3. The van der Waals surface area contributed by atoms with Crippen molar-refractivity contribution < 1.29 is 13.2 Å². The SMILES string of the molecule is Cc1nsc(NS(=O)(=O)c2cccc(Oc3ccccc3)c2-c2ccn[nH]2)n1. The van der Waals surface area contributed by atoms with Gasteiger partial charge in [-0.05, 0) is 37.3 Å². The molecule has 28 heavy (non-hydrogen) atoms. The first-order valence-corrected chi connectivity index (χ1v) is 10.5. The second kappa shape index (κ2) is 7.41. The topological polar surface area (TPSA) is 110 Å². The van der Waals surface area contributed by atoms with Gasteiger partial charge in [-0.1, -0.05) is 24.3 Å². The van der Waals surface area contributed by atoms with Crippen LogP contribution in [0.15, 0.2) is 65.7 Å². The molecular formula is C18H15N5O3S2. The van der Waals surface area contributed by atoms with Crippen molar-refractivity contribution in [3.8, 4) is 22.8 Å². The molecule has 142 valence electrons. The number of aromatic nitrogens is 4. The van der Waals surface area contributed by atoms with Gasteiger partial charge in [0.1, 0.15) is 22.2 Å². The molecule has 0 spiro atoms. The van der Waals surface area contributed by atoms with Crippen LogP contribution in [0.3, 0.4) is 0 Å². The van der Waals surface area contributed by atoms with Gasteiger partial charge in [-0.25, -0.2) is 13.4 Å². The summed E-state index contributed by atoms with van der Waals surface area (Å²) in [6, 6.07) is 15.6. The molecule has 0 unspecified atom stereocenters. The highest BCUT2D eigenvalue weighted by molar-refractivity contribution is 7.93. The number of hydrogen-bond donors (Lipinski definition) is 2. The average molecular weight is 413 g/mol. The molecule has 10 heteroatoms. The lowest BCUT2D eigenvalue weighted by molar-refractivity contribution is 0.482. The Morgan fingerprint density at radius 3 is 2.57 bits per heavy atom. The van der Waals surface area contributed by atoms with E-state index in [-0.39, 0.29) is 10.0 Å². The summed E-state index contributed by atoms with van der Waals surface area (Å²) in [5.74, 6) is 1.47. The lowest BCUT2D eigenvalue weighted by Crippen LogP contribution is -2.14. The van der Waals surface area contributed by atoms with Crippen molar-refractivity contribution in [3.05, 3.63) is 66.6 Å². The van der Waals surface area contributed by atoms with E-state index in [0.717, 1.165) is 11.5 Å². The Morgan fingerprint density at radius 1 is 1.07 bits per heavy atom. The quantitative estimate of drug-likeness (QED) is 0.497. The van der Waals surface area contributed by atoms with E-state index in [2.05, 4.69) is 24.3 Å². The van der Waals surface area contributed by atoms with Gasteiger partial charge >= 0.3 is 0 Å². The molecule has 2 heterocycles. The Balaban J connectivity index is 1.82. The molecule has 8 nitrogen and oxygen atoms in total. The number of para-hydroxylation sites is 1. The number of anilines is 1. The minimum absolute atomic E-state index is 0.0398. The maximum Gasteiger partial charge on any atom is 0.264 e. The fraction of sp³-hybridized carbons (Fsp3) is 0.0556. The van der Waals surface area contributed by atoms with Crippen LogP contribution >= 0.6 is 11.5 Å². The van der Waals surface area contributed by atoms with E-state index >= 15 is 0 Å². The van der Waals surface area contributed by atoms with Crippen LogP contribution in [0.1, 0.15) is 5.82 Å². The predicted octanol–water partition coefficient (Wildman–Crippen LogP) is 3.83. The standard InChI is InChI=1S/C18H15N5O3S2/c1-12-20-18(27-22-12)23-28(24,25)16-9-5-8-15(17(16)14-10-11-19-21-14)26-13-6-3-2-4-7-13/h2-11H,1H3,(H,19,21)(H,20,22,23). The molecule has 2 aromatic carbocycles. The van der Waals surface area contributed by atoms with Crippen LogP contribution in [-0.4, -0.2) is 28.0 Å². The Hall–Kier alpha value is -3.24. The molecule has 2 aromatic heterocycles. The van der Waals surface area contributed by atoms with E-state index < -0.39 is 10.0 Å². The van der Waals surface area contributed by atoms with Gasteiger partial charge in [0.05, 0.1) is 11.3 Å². The molecule has 0 atom stereocenters. The number of rotatable bonds is 6. The van der Waals surface area contributed by atoms with Crippen LogP contribution in [-0.2, 0) is 10.0 Å². The molecule has 0 aliphatic heterocycles. The van der Waals surface area contributed by atoms with Crippen molar-refractivity contribution in [2.75, 3.05) is 4.72 Å². The van der Waals surface area contributed by atoms with Gasteiger partial charge in [-0.15, -0.1) is 0 Å². The highest BCUT2D eigenvalue weighted by Gasteiger charge is 2.25. The summed E-state index contributed by atoms with van der Waals surface area (Å²) in [6.45, 7) is 1.69. The van der Waals surface area contributed by atoms with Crippen LogP contribution in [0.2, 0.25) is 0 Å². The molecular weight excluding hydrogens is 398 g/mol. The van der Waals surface area contributed by atoms with Crippen molar-refractivity contribution in [2.24, 2.45) is 0 Å². The first kappa shape index (κ1) is 18.1. The summed E-state index contributed by atoms with van der Waals surface area (Å²) < 4.78 is 38.6. The first-order valence-electron chi connectivity index (χ1n) is 8.22. The Kier molecular flexibility index (Phi) is 4.80. The second-order valence-corrected chi connectivity index (χ2v) is 8.17. The summed E-state index contributed by atoms with van der Waals surface area (Å²) in [7, 11) is -3.94. The van der Waals surface area contributed by atoms with E-state index in [1.807, 2.05) is 18.2 Å². The van der Waals surface area contributed by atoms with E-state index in [0.29, 0.717) is 28.6 Å². The van der Waals surface area contributed by atoms with Crippen molar-refractivity contribution >= 4 is 26.7 Å². The Bertz CT molecular complexity index is 1190. The number of nitrogens with zero attached hydrogens (tertiary/aromatic N) is 3. The molecule has 0 aliphatic carbocycles. The van der Waals surface area contributed by atoms with Crippen molar-refractivity contribution in [1.82, 2.24) is 19.6 Å². The van der Waals surface area contributed by atoms with Gasteiger partial charge < -0.3 is 4.74 Å². The number of aryl methyl sites for hydroxylation is 1. The molecule has 0 amide bonds. The van der Waals surface area contributed by atoms with Crippen LogP contribution in [0, 0.1) is 6.92 Å². The zero-order valence-electron chi connectivity index (χ0n) is 14.7. The number of sulfonamides is 1. The highest BCUT2D eigenvalue weighted by Crippen LogP contribution is 2.38. The monoisotopic (exact) mass is 413 g/mol. The van der Waals surface area contributed by atoms with Gasteiger partial charge in [-0.3, -0.25) is 9.82 Å². The second-order valence-electron chi connectivity index (χ2n) is 5.77. The third-order valence-corrected chi connectivity index (χ3v) is 6.00. The first-order chi connectivity index (χ1) is 13.5. The van der Waals surface area contributed by atoms with Gasteiger partial charge in [-0.2, -0.15) is 9.47 Å². The fourth-order valence-electron chi connectivity index (χ4n) is 2.60. The summed E-state index contributed by atoms with van der Waals surface area (Å²) in [4.78, 5) is 4.11. The third kappa shape index (κ3) is 3.73. The van der Waals surface area contributed by atoms with Crippen LogP contribution in [0.25, 0.3) is 11.3 Å². The lowest BCUT2D eigenvalue weighted by atomic mass is 10.1. The molecule has 0 aliphatic rings. The average Bonchev–Trinajstić information content (AvgIpc) is 3.34. The van der Waals surface area contributed by atoms with Gasteiger partial charge in [0, 0.05) is 17.7 Å². The van der Waals surface area contributed by atoms with Gasteiger partial charge in [0.15, 0.2) is 0 Å². The summed E-state index contributed by atoms with van der Waals surface area (Å²) >= 11 is 0.978. The molecule has 0 bridgehead atoms. The predicted molar refractivity (Wildman–Crippen MR) is 106 cm³/mol. The summed E-state index contributed by atoms with van der Waals surface area (Å²) in [5.41, 5.74) is 0.887. The largest absolute Gasteiger partial charge is 0.457 e. The number of benzene rings is 2. The number of ether oxygens (including phenoxy) is 1. The van der Waals surface area contributed by atoms with Crippen molar-refractivity contribution in [2.45, 2.75) is 11.8 Å². The zero-order chi connectivity index (χ0) is 19.6. The smallest absolute Gasteiger partial charge is 0.264 e. The summed E-state index contributed by atoms with van der Waals surface area (Å²) in [6.07, 6.45) is 1.55. The fourth-order valence-corrected chi connectivity index (χ4v) is 4.64. The van der Waals surface area contributed by atoms with Crippen LogP contribution in [0.4, 0.5) is 5.13 Å². The maximum atomic E-state index is 13.1. The molecule has 0 saturated heterocycles. The minimum atomic E-state index is -3.94. The van der Waals surface area contributed by atoms with Crippen LogP contribution in [0.5, 0.6) is 11.5 Å². The zero-order valence-corrected chi connectivity index (χ0v) is 16.3. The molecule has 4 aromatic rings. The number of hydrogen-bond acceptors (Lipinski definition) is 7. The molecule has 0 fully saturated rings. The van der Waals surface area contributed by atoms with Gasteiger partial charge in [0.25, 0.3) is 10.0 Å². The van der Waals surface area contributed by atoms with E-state index in [4.69, 9.17) is 4.74 Å². The van der Waals surface area contributed by atoms with Crippen molar-refractivity contribution in [1.29, 1.82) is 0 Å². The Labute approximate surface area is 165 Å². The number of H-pyrrole nitrogens is 1. The Morgan fingerprint density at radius 2 is 1.89 bits per heavy atom. The van der Waals surface area contributed by atoms with E-state index in [1.54, 1.807) is 43.5 Å². The number of nitrogens with one attached hydrogen (secondary N) is 2. The molecule has 2 N–H and O–H groups in total. The van der Waals surface area contributed by atoms with E-state index in [9.17, 15) is 8.42 Å². The maximum absolute atomic E-state index is 13.1. The molecule has 4 rings (SSSR count). The van der Waals surface area contributed by atoms with Crippen molar-refractivity contribution in [3.63, 3.8) is 0 Å². The molecule has 0 radical (unpaired) electrons. The number of aromatic amines is 1. The summed E-state index contributed by atoms with van der Waals surface area (Å²) in [5, 5.41) is 6.95. The van der Waals surface area contributed by atoms with Gasteiger partial charge in [0.2, 0.25) is 5.13 Å². The third-order valence-electron chi connectivity index (χ3n) is 3.77. The lowest BCUT2D eigenvalue weighted by Gasteiger charge is -2.15. The van der Waals surface area contributed by atoms with Crippen LogP contribution < -0.4 is 9.46 Å². The van der Waals surface area contributed by atoms with E-state index in [1.165, 1.54) is 6.07 Å². The highest BCUT2D eigenvalue weighted by atomic mass is 32.2.